The fourth-order valence-electron chi connectivity index (χ4n) is 2.47. The van der Waals surface area contributed by atoms with Crippen molar-refractivity contribution in [3.05, 3.63) is 53.6 Å². The molecule has 0 radical (unpaired) electrons. The number of hydrogen-bond acceptors (Lipinski definition) is 6. The molecule has 7 nitrogen and oxygen atoms in total. The fraction of sp³-hybridized carbons (Fsp3) is 0.409. The number of aliphatic hydroxyl groups is 1. The third-order valence-electron chi connectivity index (χ3n) is 4.28. The first kappa shape index (κ1) is 31.2. The number of anilines is 1. The summed E-state index contributed by atoms with van der Waals surface area (Å²) in [6.45, 7) is 7.22. The summed E-state index contributed by atoms with van der Waals surface area (Å²) in [5, 5.41) is 36.5. The van der Waals surface area contributed by atoms with E-state index in [0.717, 1.165) is 24.2 Å². The maximum atomic E-state index is 11.8. The van der Waals surface area contributed by atoms with Gasteiger partial charge in [0.1, 0.15) is 0 Å². The van der Waals surface area contributed by atoms with E-state index in [1.165, 1.54) is 12.1 Å². The predicted molar refractivity (Wildman–Crippen MR) is 131 cm³/mol. The van der Waals surface area contributed by atoms with Crippen LogP contribution < -0.4 is 16.0 Å². The van der Waals surface area contributed by atoms with Crippen molar-refractivity contribution >= 4 is 36.4 Å². The number of benzene rings is 2. The van der Waals surface area contributed by atoms with Gasteiger partial charge in [0.05, 0.1) is 12.1 Å². The standard InChI is InChI=1S/C13H20N2O.C9H13NO3.2ClH/c1-4-9-14-11(3)13(16)15-12-8-6-5-7-10(12)2;1-10-5-9(13)6-2-3-7(11)8(12)4-6;;/h5-8,11,14H,4,9H2,1-3H3,(H,15,16);2-4,9-13H,5H2,1H3;2*1H/t;9-;;/m.0../s1. The van der Waals surface area contributed by atoms with Gasteiger partial charge in [-0.05, 0) is 63.2 Å². The second kappa shape index (κ2) is 16.6. The molecule has 9 heteroatoms. The van der Waals surface area contributed by atoms with Crippen molar-refractivity contribution in [1.29, 1.82) is 0 Å². The van der Waals surface area contributed by atoms with E-state index in [2.05, 4.69) is 22.9 Å². The summed E-state index contributed by atoms with van der Waals surface area (Å²) in [4.78, 5) is 11.8. The van der Waals surface area contributed by atoms with Crippen molar-refractivity contribution in [2.24, 2.45) is 0 Å². The van der Waals surface area contributed by atoms with E-state index >= 15 is 0 Å². The summed E-state index contributed by atoms with van der Waals surface area (Å²) in [5.74, 6) is -0.379. The number of phenolic OH excluding ortho intramolecular Hbond substituents is 2. The number of aliphatic hydroxyl groups excluding tert-OH is 1. The molecular weight excluding hydrogens is 441 g/mol. The minimum absolute atomic E-state index is 0. The number of para-hydroxylation sites is 1. The van der Waals surface area contributed by atoms with Crippen LogP contribution in [0, 0.1) is 6.92 Å². The van der Waals surface area contributed by atoms with E-state index in [-0.39, 0.29) is 48.3 Å². The summed E-state index contributed by atoms with van der Waals surface area (Å²) in [7, 11) is 1.73. The van der Waals surface area contributed by atoms with Crippen LogP contribution in [-0.2, 0) is 4.79 Å². The Kier molecular flexibility index (Phi) is 16.7. The molecule has 0 aliphatic heterocycles. The molecule has 6 N–H and O–H groups in total. The second-order valence-electron chi connectivity index (χ2n) is 6.80. The van der Waals surface area contributed by atoms with Gasteiger partial charge in [0.2, 0.25) is 5.91 Å². The van der Waals surface area contributed by atoms with Crippen LogP contribution >= 0.6 is 24.8 Å². The van der Waals surface area contributed by atoms with Gasteiger partial charge in [0.25, 0.3) is 0 Å². The molecule has 1 unspecified atom stereocenters. The van der Waals surface area contributed by atoms with E-state index in [9.17, 15) is 9.90 Å². The summed E-state index contributed by atoms with van der Waals surface area (Å²) in [6.07, 6.45) is 0.360. The quantitative estimate of drug-likeness (QED) is 0.325. The largest absolute Gasteiger partial charge is 0.504 e. The molecule has 0 bridgehead atoms. The number of hydrogen-bond donors (Lipinski definition) is 6. The monoisotopic (exact) mass is 475 g/mol. The lowest BCUT2D eigenvalue weighted by molar-refractivity contribution is -0.117. The summed E-state index contributed by atoms with van der Waals surface area (Å²) < 4.78 is 0. The van der Waals surface area contributed by atoms with Crippen molar-refractivity contribution in [3.8, 4) is 11.5 Å². The Morgan fingerprint density at radius 3 is 2.26 bits per heavy atom. The van der Waals surface area contributed by atoms with E-state index in [1.807, 2.05) is 38.1 Å². The second-order valence-corrected chi connectivity index (χ2v) is 6.80. The topological polar surface area (TPSA) is 114 Å². The molecule has 2 aromatic rings. The van der Waals surface area contributed by atoms with Crippen molar-refractivity contribution in [2.45, 2.75) is 39.3 Å². The normalized spacial score (nSPS) is 11.6. The van der Waals surface area contributed by atoms with Crippen LogP contribution in [0.15, 0.2) is 42.5 Å². The zero-order valence-electron chi connectivity index (χ0n) is 18.4. The van der Waals surface area contributed by atoms with E-state index < -0.39 is 6.10 Å². The molecular formula is C22H35Cl2N3O4. The number of phenols is 2. The maximum Gasteiger partial charge on any atom is 0.241 e. The molecule has 176 valence electrons. The Balaban J connectivity index is 0. The van der Waals surface area contributed by atoms with Crippen LogP contribution in [0.4, 0.5) is 5.69 Å². The van der Waals surface area contributed by atoms with Crippen molar-refractivity contribution in [1.82, 2.24) is 10.6 Å². The van der Waals surface area contributed by atoms with Gasteiger partial charge in [-0.25, -0.2) is 0 Å². The van der Waals surface area contributed by atoms with Crippen LogP contribution in [0.1, 0.15) is 37.5 Å². The van der Waals surface area contributed by atoms with Gasteiger partial charge in [-0.3, -0.25) is 4.79 Å². The van der Waals surface area contributed by atoms with Crippen LogP contribution in [0.2, 0.25) is 0 Å². The van der Waals surface area contributed by atoms with Crippen LogP contribution in [0.25, 0.3) is 0 Å². The van der Waals surface area contributed by atoms with Crippen LogP contribution in [-0.4, -0.2) is 47.4 Å². The van der Waals surface area contributed by atoms with E-state index in [4.69, 9.17) is 10.2 Å². The fourth-order valence-corrected chi connectivity index (χ4v) is 2.47. The molecule has 2 rings (SSSR count). The SMILES string of the molecule is CCCNC(C)C(=O)Nc1ccccc1C.CNC[C@H](O)c1ccc(O)c(O)c1.Cl.Cl. The highest BCUT2D eigenvalue weighted by Crippen LogP contribution is 2.27. The lowest BCUT2D eigenvalue weighted by Gasteiger charge is -2.14. The number of carbonyl (C=O) groups is 1. The number of aromatic hydroxyl groups is 2. The molecule has 1 amide bonds. The van der Waals surface area contributed by atoms with Crippen LogP contribution in [0.5, 0.6) is 11.5 Å². The zero-order valence-corrected chi connectivity index (χ0v) is 20.0. The number of amides is 1. The Bertz CT molecular complexity index is 778. The molecule has 0 saturated carbocycles. The van der Waals surface area contributed by atoms with Gasteiger partial charge in [-0.2, -0.15) is 0 Å². The molecule has 2 aromatic carbocycles. The molecule has 0 spiro atoms. The third-order valence-corrected chi connectivity index (χ3v) is 4.28. The van der Waals surface area contributed by atoms with Gasteiger partial charge in [-0.15, -0.1) is 24.8 Å². The van der Waals surface area contributed by atoms with Gasteiger partial charge in [-0.1, -0.05) is 31.2 Å². The highest BCUT2D eigenvalue weighted by atomic mass is 35.5. The summed E-state index contributed by atoms with van der Waals surface area (Å²) >= 11 is 0. The highest BCUT2D eigenvalue weighted by molar-refractivity contribution is 5.95. The molecule has 0 aliphatic carbocycles. The number of likely N-dealkylation sites (N-methyl/N-ethyl adjacent to an activating group) is 1. The first-order valence-corrected chi connectivity index (χ1v) is 9.74. The van der Waals surface area contributed by atoms with Gasteiger partial charge in [0, 0.05) is 12.2 Å². The Labute approximate surface area is 197 Å². The zero-order chi connectivity index (χ0) is 21.8. The van der Waals surface area contributed by atoms with Crippen molar-refractivity contribution in [2.75, 3.05) is 25.5 Å². The summed E-state index contributed by atoms with van der Waals surface area (Å²) in [5.41, 5.74) is 2.54. The first-order valence-electron chi connectivity index (χ1n) is 9.74. The Morgan fingerprint density at radius 1 is 1.06 bits per heavy atom. The molecule has 0 aromatic heterocycles. The predicted octanol–water partition coefficient (Wildman–Crippen LogP) is 3.52. The molecule has 0 aliphatic rings. The number of halogens is 2. The van der Waals surface area contributed by atoms with Gasteiger partial charge in [0.15, 0.2) is 11.5 Å². The molecule has 2 atom stereocenters. The number of nitrogens with one attached hydrogen (secondary N) is 3. The summed E-state index contributed by atoms with van der Waals surface area (Å²) in [6, 6.07) is 11.9. The lowest BCUT2D eigenvalue weighted by Crippen LogP contribution is -2.38. The highest BCUT2D eigenvalue weighted by Gasteiger charge is 2.12. The smallest absolute Gasteiger partial charge is 0.241 e. The minimum atomic E-state index is -0.670. The number of rotatable bonds is 8. The molecule has 0 saturated heterocycles. The molecule has 0 fully saturated rings. The Hall–Kier alpha value is -2.03. The van der Waals surface area contributed by atoms with Gasteiger partial charge < -0.3 is 31.3 Å². The van der Waals surface area contributed by atoms with Crippen molar-refractivity contribution in [3.63, 3.8) is 0 Å². The maximum absolute atomic E-state index is 11.8. The van der Waals surface area contributed by atoms with Gasteiger partial charge >= 0.3 is 0 Å². The van der Waals surface area contributed by atoms with E-state index in [0.29, 0.717) is 12.1 Å². The third kappa shape index (κ3) is 11.2. The number of aryl methyl sites for hydroxylation is 1. The number of carbonyl (C=O) groups excluding carboxylic acids is 1. The minimum Gasteiger partial charge on any atom is -0.504 e. The Morgan fingerprint density at radius 2 is 1.71 bits per heavy atom. The average molecular weight is 476 g/mol. The van der Waals surface area contributed by atoms with E-state index in [1.54, 1.807) is 13.1 Å². The van der Waals surface area contributed by atoms with Crippen molar-refractivity contribution < 1.29 is 20.1 Å². The average Bonchev–Trinajstić information content (AvgIpc) is 2.70. The molecule has 0 heterocycles. The first-order chi connectivity index (χ1) is 13.8. The molecule has 31 heavy (non-hydrogen) atoms. The lowest BCUT2D eigenvalue weighted by atomic mass is 10.1. The van der Waals surface area contributed by atoms with Crippen LogP contribution in [0.3, 0.4) is 0 Å².